The second-order valence-corrected chi connectivity index (χ2v) is 7.11. The number of aromatic nitrogens is 2. The molecule has 0 bridgehead atoms. The standard InChI is InChI=1S/C19H18N4O3S/c1-11-12(2)27-19(15(11)10-20)21-16(24)8-9-17-22-18(23-26-17)13-4-6-14(25-3)7-5-13/h4-7H,8-9H2,1-3H3,(H,21,24). The molecule has 0 atom stereocenters. The van der Waals surface area contributed by atoms with E-state index in [0.717, 1.165) is 21.8 Å². The molecule has 2 heterocycles. The summed E-state index contributed by atoms with van der Waals surface area (Å²) in [7, 11) is 1.60. The van der Waals surface area contributed by atoms with E-state index in [4.69, 9.17) is 9.26 Å². The van der Waals surface area contributed by atoms with Crippen molar-refractivity contribution in [2.24, 2.45) is 0 Å². The Hall–Kier alpha value is -3.18. The van der Waals surface area contributed by atoms with Gasteiger partial charge in [0.25, 0.3) is 0 Å². The monoisotopic (exact) mass is 382 g/mol. The number of methoxy groups -OCH3 is 1. The molecule has 2 aromatic heterocycles. The molecule has 0 unspecified atom stereocenters. The van der Waals surface area contributed by atoms with Crippen LogP contribution in [-0.4, -0.2) is 23.2 Å². The van der Waals surface area contributed by atoms with Crippen LogP contribution in [0.1, 0.15) is 28.3 Å². The first-order valence-corrected chi connectivity index (χ1v) is 9.10. The molecule has 0 saturated carbocycles. The highest BCUT2D eigenvalue weighted by molar-refractivity contribution is 7.16. The van der Waals surface area contributed by atoms with Crippen molar-refractivity contribution in [2.45, 2.75) is 26.7 Å². The molecule has 1 aromatic carbocycles. The first-order chi connectivity index (χ1) is 13.0. The van der Waals surface area contributed by atoms with Crippen LogP contribution in [0.15, 0.2) is 28.8 Å². The van der Waals surface area contributed by atoms with Gasteiger partial charge in [0.05, 0.1) is 12.7 Å². The Balaban J connectivity index is 1.60. The lowest BCUT2D eigenvalue weighted by Gasteiger charge is -2.01. The van der Waals surface area contributed by atoms with Crippen molar-refractivity contribution in [3.8, 4) is 23.2 Å². The van der Waals surface area contributed by atoms with Gasteiger partial charge in [-0.2, -0.15) is 10.2 Å². The highest BCUT2D eigenvalue weighted by Gasteiger charge is 2.16. The van der Waals surface area contributed by atoms with Gasteiger partial charge in [-0.1, -0.05) is 5.16 Å². The number of carbonyl (C=O) groups is 1. The maximum absolute atomic E-state index is 12.2. The summed E-state index contributed by atoms with van der Waals surface area (Å²) in [6, 6.07) is 9.45. The molecule has 0 spiro atoms. The Kier molecular flexibility index (Phi) is 5.52. The van der Waals surface area contributed by atoms with Crippen LogP contribution in [0.4, 0.5) is 5.00 Å². The Morgan fingerprint density at radius 2 is 2.07 bits per heavy atom. The minimum atomic E-state index is -0.197. The van der Waals surface area contributed by atoms with Crippen LogP contribution >= 0.6 is 11.3 Å². The van der Waals surface area contributed by atoms with Gasteiger partial charge in [-0.25, -0.2) is 0 Å². The van der Waals surface area contributed by atoms with Gasteiger partial charge in [-0.3, -0.25) is 4.79 Å². The number of carbonyl (C=O) groups excluding carboxylic acids is 1. The second-order valence-electron chi connectivity index (χ2n) is 5.89. The van der Waals surface area contributed by atoms with Crippen molar-refractivity contribution in [1.82, 2.24) is 10.1 Å². The largest absolute Gasteiger partial charge is 0.497 e. The number of hydrogen-bond acceptors (Lipinski definition) is 7. The molecule has 1 amide bonds. The van der Waals surface area contributed by atoms with Crippen LogP contribution in [-0.2, 0) is 11.2 Å². The van der Waals surface area contributed by atoms with Crippen LogP contribution in [0.25, 0.3) is 11.4 Å². The fourth-order valence-electron chi connectivity index (χ4n) is 2.47. The molecule has 27 heavy (non-hydrogen) atoms. The quantitative estimate of drug-likeness (QED) is 0.694. The number of rotatable bonds is 6. The molecule has 1 N–H and O–H groups in total. The number of thiophene rings is 1. The Labute approximate surface area is 160 Å². The smallest absolute Gasteiger partial charge is 0.227 e. The molecule has 7 nitrogen and oxygen atoms in total. The van der Waals surface area contributed by atoms with E-state index in [9.17, 15) is 10.1 Å². The Morgan fingerprint density at radius 1 is 1.33 bits per heavy atom. The topological polar surface area (TPSA) is 101 Å². The van der Waals surface area contributed by atoms with E-state index in [1.165, 1.54) is 11.3 Å². The van der Waals surface area contributed by atoms with E-state index in [1.807, 2.05) is 38.1 Å². The molecular formula is C19H18N4O3S. The molecular weight excluding hydrogens is 364 g/mol. The summed E-state index contributed by atoms with van der Waals surface area (Å²) in [6.45, 7) is 3.80. The summed E-state index contributed by atoms with van der Waals surface area (Å²) in [5, 5.41) is 16.6. The average Bonchev–Trinajstić information content (AvgIpc) is 3.25. The van der Waals surface area contributed by atoms with Gasteiger partial charge in [0.2, 0.25) is 17.6 Å². The van der Waals surface area contributed by atoms with Gasteiger partial charge < -0.3 is 14.6 Å². The summed E-state index contributed by atoms with van der Waals surface area (Å²) in [5.74, 6) is 1.39. The molecule has 3 rings (SSSR count). The van der Waals surface area contributed by atoms with Gasteiger partial charge in [-0.05, 0) is 43.7 Å². The van der Waals surface area contributed by atoms with Gasteiger partial charge in [0, 0.05) is 23.3 Å². The predicted molar refractivity (Wildman–Crippen MR) is 102 cm³/mol. The number of ether oxygens (including phenoxy) is 1. The molecule has 138 valence electrons. The van der Waals surface area contributed by atoms with Crippen LogP contribution in [0, 0.1) is 25.2 Å². The van der Waals surface area contributed by atoms with E-state index >= 15 is 0 Å². The van der Waals surface area contributed by atoms with Crippen molar-refractivity contribution >= 4 is 22.2 Å². The molecule has 0 saturated heterocycles. The predicted octanol–water partition coefficient (Wildman–Crippen LogP) is 3.87. The van der Waals surface area contributed by atoms with Crippen LogP contribution in [0.2, 0.25) is 0 Å². The number of amides is 1. The van der Waals surface area contributed by atoms with E-state index in [-0.39, 0.29) is 12.3 Å². The number of benzene rings is 1. The van der Waals surface area contributed by atoms with Crippen molar-refractivity contribution in [3.05, 3.63) is 46.2 Å². The minimum Gasteiger partial charge on any atom is -0.497 e. The number of nitriles is 1. The number of hydrogen-bond donors (Lipinski definition) is 1. The van der Waals surface area contributed by atoms with Crippen molar-refractivity contribution in [2.75, 3.05) is 12.4 Å². The Morgan fingerprint density at radius 3 is 2.74 bits per heavy atom. The van der Waals surface area contributed by atoms with E-state index in [0.29, 0.717) is 28.7 Å². The van der Waals surface area contributed by atoms with E-state index in [1.54, 1.807) is 7.11 Å². The summed E-state index contributed by atoms with van der Waals surface area (Å²) in [4.78, 5) is 17.5. The highest BCUT2D eigenvalue weighted by Crippen LogP contribution is 2.31. The first kappa shape index (κ1) is 18.6. The average molecular weight is 382 g/mol. The third kappa shape index (κ3) is 4.15. The summed E-state index contributed by atoms with van der Waals surface area (Å²) < 4.78 is 10.3. The maximum Gasteiger partial charge on any atom is 0.227 e. The maximum atomic E-state index is 12.2. The van der Waals surface area contributed by atoms with Crippen molar-refractivity contribution < 1.29 is 14.1 Å². The second kappa shape index (κ2) is 8.01. The lowest BCUT2D eigenvalue weighted by molar-refractivity contribution is -0.116. The van der Waals surface area contributed by atoms with Gasteiger partial charge in [-0.15, -0.1) is 11.3 Å². The normalized spacial score (nSPS) is 10.4. The molecule has 0 fully saturated rings. The molecule has 0 radical (unpaired) electrons. The summed E-state index contributed by atoms with van der Waals surface area (Å²) in [5.41, 5.74) is 2.22. The third-order valence-corrected chi connectivity index (χ3v) is 5.25. The lowest BCUT2D eigenvalue weighted by atomic mass is 10.2. The molecule has 0 aliphatic carbocycles. The number of nitrogens with one attached hydrogen (secondary N) is 1. The lowest BCUT2D eigenvalue weighted by Crippen LogP contribution is -2.12. The third-order valence-electron chi connectivity index (χ3n) is 4.13. The van der Waals surface area contributed by atoms with Gasteiger partial charge >= 0.3 is 0 Å². The number of aryl methyl sites for hydroxylation is 2. The zero-order chi connectivity index (χ0) is 19.4. The van der Waals surface area contributed by atoms with Crippen LogP contribution in [0.3, 0.4) is 0 Å². The fraction of sp³-hybridized carbons (Fsp3) is 0.263. The highest BCUT2D eigenvalue weighted by atomic mass is 32.1. The number of nitrogens with zero attached hydrogens (tertiary/aromatic N) is 3. The van der Waals surface area contributed by atoms with Gasteiger partial charge in [0.15, 0.2) is 0 Å². The summed E-state index contributed by atoms with van der Waals surface area (Å²) >= 11 is 1.40. The zero-order valence-electron chi connectivity index (χ0n) is 15.2. The molecule has 3 aromatic rings. The SMILES string of the molecule is COc1ccc(-c2noc(CCC(=O)Nc3sc(C)c(C)c3C#N)n2)cc1. The van der Waals surface area contributed by atoms with Crippen LogP contribution < -0.4 is 10.1 Å². The molecule has 8 heteroatoms. The number of anilines is 1. The molecule has 0 aliphatic rings. The van der Waals surface area contributed by atoms with Crippen molar-refractivity contribution in [1.29, 1.82) is 5.26 Å². The van der Waals surface area contributed by atoms with Crippen LogP contribution in [0.5, 0.6) is 5.75 Å². The Bertz CT molecular complexity index is 999. The van der Waals surface area contributed by atoms with Gasteiger partial charge in [0.1, 0.15) is 16.8 Å². The zero-order valence-corrected chi connectivity index (χ0v) is 16.0. The summed E-state index contributed by atoms with van der Waals surface area (Å²) in [6.07, 6.45) is 0.505. The minimum absolute atomic E-state index is 0.186. The van der Waals surface area contributed by atoms with Crippen molar-refractivity contribution in [3.63, 3.8) is 0 Å². The van der Waals surface area contributed by atoms with E-state index < -0.39 is 0 Å². The molecule has 0 aliphatic heterocycles. The van der Waals surface area contributed by atoms with E-state index in [2.05, 4.69) is 21.5 Å². The fourth-order valence-corrected chi connectivity index (χ4v) is 3.50. The first-order valence-electron chi connectivity index (χ1n) is 8.28.